The van der Waals surface area contributed by atoms with E-state index in [4.69, 9.17) is 5.73 Å². The molecule has 1 heterocycles. The van der Waals surface area contributed by atoms with E-state index in [2.05, 4.69) is 16.9 Å². The van der Waals surface area contributed by atoms with Crippen molar-refractivity contribution in [2.75, 3.05) is 5.32 Å². The number of aliphatic hydroxyl groups is 1. The number of primary amides is 1. The number of H-pyrrole nitrogens is 1. The number of rotatable bonds is 5. The number of benzene rings is 2. The molecule has 1 aliphatic carbocycles. The molecule has 5 N–H and O–H groups in total. The molecule has 2 aromatic carbocycles. The minimum atomic E-state index is -0.781. The maximum atomic E-state index is 12.2. The number of aromatic amines is 1. The normalized spacial score (nSPS) is 15.8. The maximum absolute atomic E-state index is 12.2. The number of amides is 2. The fraction of sp³-hybridized carbons (Fsp3) is 0.333. The zero-order valence-corrected chi connectivity index (χ0v) is 19.6. The summed E-state index contributed by atoms with van der Waals surface area (Å²) in [6, 6.07) is 9.49. The number of aryl methyl sites for hydroxylation is 1. The second-order valence-corrected chi connectivity index (χ2v) is 9.66. The van der Waals surface area contributed by atoms with Crippen LogP contribution >= 0.6 is 0 Å². The Hall–Kier alpha value is -3.38. The molecule has 0 bridgehead atoms. The second kappa shape index (κ2) is 8.19. The van der Waals surface area contributed by atoms with Crippen molar-refractivity contribution in [3.63, 3.8) is 0 Å². The van der Waals surface area contributed by atoms with Gasteiger partial charge in [-0.2, -0.15) is 0 Å². The topological polar surface area (TPSA) is 108 Å². The summed E-state index contributed by atoms with van der Waals surface area (Å²) in [4.78, 5) is 27.9. The summed E-state index contributed by atoms with van der Waals surface area (Å²) in [7, 11) is 0. The van der Waals surface area contributed by atoms with Gasteiger partial charge in [0.25, 0.3) is 11.8 Å². The zero-order chi connectivity index (χ0) is 24.1. The van der Waals surface area contributed by atoms with Crippen molar-refractivity contribution in [1.29, 1.82) is 0 Å². The third kappa shape index (κ3) is 4.07. The van der Waals surface area contributed by atoms with Gasteiger partial charge in [-0.05, 0) is 87.3 Å². The van der Waals surface area contributed by atoms with Crippen LogP contribution in [0.4, 0.5) is 5.69 Å². The predicted octanol–water partition coefficient (Wildman–Crippen LogP) is 4.63. The Bertz CT molecular complexity index is 1290. The average molecular weight is 446 g/mol. The van der Waals surface area contributed by atoms with Gasteiger partial charge in [0.1, 0.15) is 0 Å². The molecule has 0 saturated heterocycles. The van der Waals surface area contributed by atoms with Crippen molar-refractivity contribution in [3.05, 3.63) is 64.9 Å². The number of carbonyl (C=O) groups is 2. The summed E-state index contributed by atoms with van der Waals surface area (Å²) in [5.74, 6) is -0.578. The first-order valence-electron chi connectivity index (χ1n) is 11.2. The quantitative estimate of drug-likeness (QED) is 0.430. The van der Waals surface area contributed by atoms with Crippen molar-refractivity contribution in [2.24, 2.45) is 11.7 Å². The van der Waals surface area contributed by atoms with Crippen LogP contribution in [-0.2, 0) is 17.6 Å². The predicted molar refractivity (Wildman–Crippen MR) is 132 cm³/mol. The Balaban J connectivity index is 1.91. The monoisotopic (exact) mass is 445 g/mol. The molecule has 1 aromatic heterocycles. The van der Waals surface area contributed by atoms with E-state index in [-0.39, 0.29) is 11.8 Å². The molecule has 0 spiro atoms. The molecule has 0 fully saturated rings. The zero-order valence-electron chi connectivity index (χ0n) is 19.6. The number of aromatic nitrogens is 1. The molecular formula is C27H31N3O3. The Labute approximate surface area is 193 Å². The fourth-order valence-corrected chi connectivity index (χ4v) is 4.86. The second-order valence-electron chi connectivity index (χ2n) is 9.66. The van der Waals surface area contributed by atoms with Gasteiger partial charge in [0.05, 0.1) is 16.7 Å². The van der Waals surface area contributed by atoms with Crippen LogP contribution in [0.2, 0.25) is 0 Å². The van der Waals surface area contributed by atoms with E-state index in [1.165, 1.54) is 5.56 Å². The van der Waals surface area contributed by atoms with Gasteiger partial charge in [-0.15, -0.1) is 0 Å². The molecule has 0 aliphatic heterocycles. The van der Waals surface area contributed by atoms with Crippen LogP contribution in [0.3, 0.4) is 0 Å². The van der Waals surface area contributed by atoms with Gasteiger partial charge in [-0.25, -0.2) is 0 Å². The lowest BCUT2D eigenvalue weighted by Gasteiger charge is -2.32. The first-order chi connectivity index (χ1) is 15.5. The Morgan fingerprint density at radius 3 is 2.58 bits per heavy atom. The Morgan fingerprint density at radius 1 is 1.21 bits per heavy atom. The molecule has 1 atom stereocenters. The van der Waals surface area contributed by atoms with Crippen LogP contribution in [-0.4, -0.2) is 27.5 Å². The van der Waals surface area contributed by atoms with E-state index >= 15 is 0 Å². The molecular weight excluding hydrogens is 414 g/mol. The molecule has 1 aliphatic rings. The molecule has 6 heteroatoms. The highest BCUT2D eigenvalue weighted by Crippen LogP contribution is 2.42. The van der Waals surface area contributed by atoms with Gasteiger partial charge < -0.3 is 21.1 Å². The Kier molecular flexibility index (Phi) is 5.66. The SMILES string of the molecule is C=C(C)C(=O)Nc1cccc(-c2ccc(C(N)=O)c3[nH]c4c(c23)CCC(C(C)(C)O)C4)c1C. The lowest BCUT2D eigenvalue weighted by molar-refractivity contribution is -0.112. The molecule has 6 nitrogen and oxygen atoms in total. The van der Waals surface area contributed by atoms with Crippen LogP contribution in [0.1, 0.15) is 54.4 Å². The lowest BCUT2D eigenvalue weighted by atomic mass is 9.77. The number of hydrogen-bond donors (Lipinski definition) is 4. The summed E-state index contributed by atoms with van der Waals surface area (Å²) in [6.07, 6.45) is 2.36. The van der Waals surface area contributed by atoms with E-state index in [1.54, 1.807) is 13.0 Å². The van der Waals surface area contributed by atoms with Crippen molar-refractivity contribution in [1.82, 2.24) is 4.98 Å². The smallest absolute Gasteiger partial charge is 0.250 e. The van der Waals surface area contributed by atoms with E-state index in [1.807, 2.05) is 45.0 Å². The molecule has 0 saturated carbocycles. The molecule has 0 radical (unpaired) electrons. The number of hydrogen-bond acceptors (Lipinski definition) is 3. The van der Waals surface area contributed by atoms with Crippen LogP contribution in [0, 0.1) is 12.8 Å². The molecule has 33 heavy (non-hydrogen) atoms. The van der Waals surface area contributed by atoms with Gasteiger partial charge >= 0.3 is 0 Å². The van der Waals surface area contributed by atoms with E-state index in [9.17, 15) is 14.7 Å². The number of nitrogens with two attached hydrogens (primary N) is 1. The van der Waals surface area contributed by atoms with Crippen molar-refractivity contribution in [2.45, 2.75) is 52.6 Å². The minimum Gasteiger partial charge on any atom is -0.390 e. The maximum Gasteiger partial charge on any atom is 0.250 e. The fourth-order valence-electron chi connectivity index (χ4n) is 4.86. The van der Waals surface area contributed by atoms with E-state index in [0.29, 0.717) is 17.6 Å². The van der Waals surface area contributed by atoms with Crippen LogP contribution < -0.4 is 11.1 Å². The summed E-state index contributed by atoms with van der Waals surface area (Å²) in [5, 5.41) is 14.5. The van der Waals surface area contributed by atoms with Gasteiger partial charge in [-0.3, -0.25) is 9.59 Å². The number of fused-ring (bicyclic) bond motifs is 3. The molecule has 2 amide bonds. The van der Waals surface area contributed by atoms with Crippen LogP contribution in [0.25, 0.3) is 22.0 Å². The Morgan fingerprint density at radius 2 is 1.94 bits per heavy atom. The summed E-state index contributed by atoms with van der Waals surface area (Å²) < 4.78 is 0. The van der Waals surface area contributed by atoms with E-state index in [0.717, 1.165) is 51.8 Å². The van der Waals surface area contributed by atoms with Crippen molar-refractivity contribution >= 4 is 28.4 Å². The highest BCUT2D eigenvalue weighted by atomic mass is 16.3. The lowest BCUT2D eigenvalue weighted by Crippen LogP contribution is -2.34. The van der Waals surface area contributed by atoms with Gasteiger partial charge in [0.15, 0.2) is 0 Å². The molecule has 4 rings (SSSR count). The highest BCUT2D eigenvalue weighted by molar-refractivity contribution is 6.11. The standard InChI is InChI=1S/C27H31N3O3/c1-14(2)26(32)30-21-8-6-7-17(15(21)3)18-11-12-20(25(28)31)24-23(18)19-10-9-16(27(4,5)33)13-22(19)29-24/h6-8,11-12,16,29,33H,1,9-10,13H2,2-5H3,(H2,28,31)(H,30,32). The first-order valence-corrected chi connectivity index (χ1v) is 11.2. The summed E-state index contributed by atoms with van der Waals surface area (Å²) >= 11 is 0. The molecule has 172 valence electrons. The summed E-state index contributed by atoms with van der Waals surface area (Å²) in [6.45, 7) is 11.1. The number of anilines is 1. The third-order valence-electron chi connectivity index (χ3n) is 6.86. The third-order valence-corrected chi connectivity index (χ3v) is 6.86. The van der Waals surface area contributed by atoms with Gasteiger partial charge in [0, 0.05) is 22.3 Å². The van der Waals surface area contributed by atoms with Crippen LogP contribution in [0.5, 0.6) is 0 Å². The summed E-state index contributed by atoms with van der Waals surface area (Å²) in [5.41, 5.74) is 12.4. The van der Waals surface area contributed by atoms with Crippen molar-refractivity contribution in [3.8, 4) is 11.1 Å². The van der Waals surface area contributed by atoms with Gasteiger partial charge in [-0.1, -0.05) is 24.8 Å². The van der Waals surface area contributed by atoms with E-state index < -0.39 is 11.5 Å². The molecule has 1 unspecified atom stereocenters. The van der Waals surface area contributed by atoms with Gasteiger partial charge in [0.2, 0.25) is 0 Å². The highest BCUT2D eigenvalue weighted by Gasteiger charge is 2.33. The number of carbonyl (C=O) groups excluding carboxylic acids is 2. The first kappa shape index (κ1) is 22.8. The van der Waals surface area contributed by atoms with Crippen molar-refractivity contribution < 1.29 is 14.7 Å². The minimum absolute atomic E-state index is 0.126. The van der Waals surface area contributed by atoms with Crippen LogP contribution in [0.15, 0.2) is 42.5 Å². The number of nitrogens with one attached hydrogen (secondary N) is 2. The average Bonchev–Trinajstić information content (AvgIpc) is 3.12. The molecule has 3 aromatic rings. The largest absolute Gasteiger partial charge is 0.390 e.